The highest BCUT2D eigenvalue weighted by Crippen LogP contribution is 2.31. The molecule has 1 amide bonds. The van der Waals surface area contributed by atoms with Gasteiger partial charge in [-0.15, -0.1) is 0 Å². The maximum atomic E-state index is 14.1. The summed E-state index contributed by atoms with van der Waals surface area (Å²) in [7, 11) is 0. The molecule has 1 unspecified atom stereocenters. The minimum absolute atomic E-state index is 0.00571. The van der Waals surface area contributed by atoms with Crippen molar-refractivity contribution < 1.29 is 14.3 Å². The molecule has 1 heterocycles. The molecule has 108 valence electrons. The normalized spacial score (nSPS) is 15.3. The van der Waals surface area contributed by atoms with Crippen LogP contribution < -0.4 is 5.32 Å². The van der Waals surface area contributed by atoms with Crippen molar-refractivity contribution in [3.05, 3.63) is 63.4 Å². The number of rotatable bonds is 2. The van der Waals surface area contributed by atoms with Gasteiger partial charge in [-0.3, -0.25) is 4.79 Å². The van der Waals surface area contributed by atoms with E-state index < -0.39 is 11.9 Å². The highest BCUT2D eigenvalue weighted by Gasteiger charge is 2.20. The summed E-state index contributed by atoms with van der Waals surface area (Å²) < 4.78 is 14.4. The van der Waals surface area contributed by atoms with Crippen LogP contribution in [0.5, 0.6) is 0 Å². The van der Waals surface area contributed by atoms with Gasteiger partial charge in [-0.1, -0.05) is 24.3 Å². The lowest BCUT2D eigenvalue weighted by Gasteiger charge is -2.20. The van der Waals surface area contributed by atoms with E-state index in [4.69, 9.17) is 0 Å². The standard InChI is InChI=1S/C16H13BrFNO2/c17-12-3-1-2-11(15(12)18)16(21)10-4-6-13-9(8-10)5-7-14(20)19-13/h1-4,6,8,16,21H,5,7H2,(H,19,20). The second kappa shape index (κ2) is 5.58. The van der Waals surface area contributed by atoms with Crippen molar-refractivity contribution >= 4 is 27.5 Å². The second-order valence-corrected chi connectivity index (χ2v) is 5.86. The fraction of sp³-hybridized carbons (Fsp3) is 0.188. The number of amides is 1. The van der Waals surface area contributed by atoms with Gasteiger partial charge in [0.15, 0.2) is 0 Å². The van der Waals surface area contributed by atoms with Gasteiger partial charge in [0.1, 0.15) is 11.9 Å². The number of hydrogen-bond donors (Lipinski definition) is 2. The molecule has 2 aromatic rings. The predicted octanol–water partition coefficient (Wildman–Crippen LogP) is 3.55. The third-order valence-corrected chi connectivity index (χ3v) is 4.23. The number of aryl methyl sites for hydroxylation is 1. The summed E-state index contributed by atoms with van der Waals surface area (Å²) in [5.74, 6) is -0.468. The molecule has 1 atom stereocenters. The Kier molecular flexibility index (Phi) is 3.78. The Hall–Kier alpha value is -1.72. The van der Waals surface area contributed by atoms with Crippen molar-refractivity contribution in [2.24, 2.45) is 0 Å². The molecule has 0 saturated carbocycles. The first kappa shape index (κ1) is 14.2. The lowest BCUT2D eigenvalue weighted by Crippen LogP contribution is -2.19. The fourth-order valence-corrected chi connectivity index (χ4v) is 2.87. The SMILES string of the molecule is O=C1CCc2cc(C(O)c3cccc(Br)c3F)ccc2N1. The van der Waals surface area contributed by atoms with Crippen LogP contribution in [-0.2, 0) is 11.2 Å². The van der Waals surface area contributed by atoms with Gasteiger partial charge in [0.25, 0.3) is 0 Å². The number of fused-ring (bicyclic) bond motifs is 1. The molecule has 0 radical (unpaired) electrons. The summed E-state index contributed by atoms with van der Waals surface area (Å²) in [6, 6.07) is 10.1. The topological polar surface area (TPSA) is 49.3 Å². The fourth-order valence-electron chi connectivity index (χ4n) is 2.48. The maximum Gasteiger partial charge on any atom is 0.224 e. The van der Waals surface area contributed by atoms with Crippen molar-refractivity contribution in [3.8, 4) is 0 Å². The number of nitrogens with one attached hydrogen (secondary N) is 1. The molecule has 2 N–H and O–H groups in total. The number of carbonyl (C=O) groups is 1. The van der Waals surface area contributed by atoms with E-state index in [9.17, 15) is 14.3 Å². The average molecular weight is 350 g/mol. The second-order valence-electron chi connectivity index (χ2n) is 5.01. The van der Waals surface area contributed by atoms with Gasteiger partial charge in [0.2, 0.25) is 5.91 Å². The third kappa shape index (κ3) is 2.71. The Labute approximate surface area is 129 Å². The van der Waals surface area contributed by atoms with Gasteiger partial charge in [-0.25, -0.2) is 4.39 Å². The van der Waals surface area contributed by atoms with Crippen molar-refractivity contribution in [1.82, 2.24) is 0 Å². The Morgan fingerprint density at radius 1 is 1.24 bits per heavy atom. The highest BCUT2D eigenvalue weighted by atomic mass is 79.9. The minimum atomic E-state index is -1.04. The molecule has 0 saturated heterocycles. The summed E-state index contributed by atoms with van der Waals surface area (Å²) in [4.78, 5) is 11.3. The number of halogens is 2. The average Bonchev–Trinajstić information content (AvgIpc) is 2.49. The van der Waals surface area contributed by atoms with Crippen LogP contribution in [0, 0.1) is 5.82 Å². The van der Waals surface area contributed by atoms with E-state index in [0.717, 1.165) is 11.3 Å². The number of aliphatic hydroxyl groups excluding tert-OH is 1. The van der Waals surface area contributed by atoms with Crippen molar-refractivity contribution in [2.45, 2.75) is 18.9 Å². The molecule has 0 aromatic heterocycles. The molecule has 5 heteroatoms. The zero-order chi connectivity index (χ0) is 15.0. The molecule has 0 spiro atoms. The molecular formula is C16H13BrFNO2. The Bertz CT molecular complexity index is 717. The smallest absolute Gasteiger partial charge is 0.224 e. The van der Waals surface area contributed by atoms with E-state index in [1.54, 1.807) is 30.3 Å². The van der Waals surface area contributed by atoms with Crippen LogP contribution in [0.3, 0.4) is 0 Å². The minimum Gasteiger partial charge on any atom is -0.384 e. The summed E-state index contributed by atoms with van der Waals surface area (Å²) in [6.07, 6.45) is 0.0194. The summed E-state index contributed by atoms with van der Waals surface area (Å²) >= 11 is 3.12. The molecule has 3 rings (SSSR count). The first-order valence-corrected chi connectivity index (χ1v) is 7.40. The Balaban J connectivity index is 1.97. The third-order valence-electron chi connectivity index (χ3n) is 3.62. The number of hydrogen-bond acceptors (Lipinski definition) is 2. The van der Waals surface area contributed by atoms with Crippen LogP contribution in [0.4, 0.5) is 10.1 Å². The number of benzene rings is 2. The van der Waals surface area contributed by atoms with Crippen LogP contribution in [0.1, 0.15) is 29.2 Å². The van der Waals surface area contributed by atoms with Crippen molar-refractivity contribution in [3.63, 3.8) is 0 Å². The molecule has 2 aromatic carbocycles. The quantitative estimate of drug-likeness (QED) is 0.870. The van der Waals surface area contributed by atoms with E-state index in [1.165, 1.54) is 0 Å². The predicted molar refractivity (Wildman–Crippen MR) is 81.6 cm³/mol. The van der Waals surface area contributed by atoms with Crippen LogP contribution in [0.25, 0.3) is 0 Å². The summed E-state index contributed by atoms with van der Waals surface area (Å²) in [5, 5.41) is 13.2. The molecule has 21 heavy (non-hydrogen) atoms. The number of aliphatic hydroxyl groups is 1. The van der Waals surface area contributed by atoms with Gasteiger partial charge in [-0.2, -0.15) is 0 Å². The van der Waals surface area contributed by atoms with Crippen LogP contribution in [-0.4, -0.2) is 11.0 Å². The van der Waals surface area contributed by atoms with Gasteiger partial charge in [-0.05, 0) is 45.6 Å². The monoisotopic (exact) mass is 349 g/mol. The van der Waals surface area contributed by atoms with E-state index in [2.05, 4.69) is 21.2 Å². The lowest BCUT2D eigenvalue weighted by molar-refractivity contribution is -0.116. The highest BCUT2D eigenvalue weighted by molar-refractivity contribution is 9.10. The van der Waals surface area contributed by atoms with Crippen molar-refractivity contribution in [1.29, 1.82) is 0 Å². The van der Waals surface area contributed by atoms with Gasteiger partial charge >= 0.3 is 0 Å². The number of anilines is 1. The molecular weight excluding hydrogens is 337 g/mol. The van der Waals surface area contributed by atoms with Crippen LogP contribution in [0.15, 0.2) is 40.9 Å². The molecule has 1 aliphatic heterocycles. The molecule has 0 bridgehead atoms. The van der Waals surface area contributed by atoms with Crippen LogP contribution >= 0.6 is 15.9 Å². The van der Waals surface area contributed by atoms with E-state index in [1.807, 2.05) is 6.07 Å². The zero-order valence-electron chi connectivity index (χ0n) is 11.1. The number of carbonyl (C=O) groups excluding carboxylic acids is 1. The molecule has 3 nitrogen and oxygen atoms in total. The molecule has 1 aliphatic rings. The van der Waals surface area contributed by atoms with E-state index in [-0.39, 0.29) is 11.5 Å². The van der Waals surface area contributed by atoms with Gasteiger partial charge < -0.3 is 10.4 Å². The Morgan fingerprint density at radius 3 is 2.86 bits per heavy atom. The summed E-state index contributed by atoms with van der Waals surface area (Å²) in [6.45, 7) is 0. The Morgan fingerprint density at radius 2 is 2.05 bits per heavy atom. The zero-order valence-corrected chi connectivity index (χ0v) is 12.7. The first-order valence-electron chi connectivity index (χ1n) is 6.61. The first-order chi connectivity index (χ1) is 10.1. The van der Waals surface area contributed by atoms with E-state index in [0.29, 0.717) is 22.9 Å². The molecule has 0 aliphatic carbocycles. The largest absolute Gasteiger partial charge is 0.384 e. The van der Waals surface area contributed by atoms with Gasteiger partial charge in [0, 0.05) is 17.7 Å². The van der Waals surface area contributed by atoms with Crippen LogP contribution in [0.2, 0.25) is 0 Å². The van der Waals surface area contributed by atoms with Gasteiger partial charge in [0.05, 0.1) is 4.47 Å². The van der Waals surface area contributed by atoms with E-state index >= 15 is 0 Å². The lowest BCUT2D eigenvalue weighted by atomic mass is 9.95. The summed E-state index contributed by atoms with van der Waals surface area (Å²) in [5.41, 5.74) is 2.56. The maximum absolute atomic E-state index is 14.1. The van der Waals surface area contributed by atoms with Crippen molar-refractivity contribution in [2.75, 3.05) is 5.32 Å². The molecule has 0 fully saturated rings.